The van der Waals surface area contributed by atoms with Crippen LogP contribution in [0.15, 0.2) is 170 Å². The summed E-state index contributed by atoms with van der Waals surface area (Å²) in [6, 6.07) is 0. The Bertz CT molecular complexity index is 2170. The summed E-state index contributed by atoms with van der Waals surface area (Å²) in [5, 5.41) is 11.9. The number of unbranched alkanes of at least 4 members (excludes halogenated alkanes) is 26. The molecule has 538 valence electrons. The topological polar surface area (TPSA) is 111 Å². The molecule has 0 radical (unpaired) electrons. The van der Waals surface area contributed by atoms with Crippen LogP contribution in [0.4, 0.5) is 0 Å². The molecule has 0 aromatic carbocycles. The van der Waals surface area contributed by atoms with Crippen molar-refractivity contribution < 1.29 is 42.9 Å². The summed E-state index contributed by atoms with van der Waals surface area (Å²) in [7, 11) is 5.93. The van der Waals surface area contributed by atoms with Crippen molar-refractivity contribution in [2.75, 3.05) is 47.5 Å². The zero-order valence-electron chi connectivity index (χ0n) is 61.5. The zero-order chi connectivity index (χ0) is 69.0. The van der Waals surface area contributed by atoms with Crippen molar-refractivity contribution in [1.29, 1.82) is 0 Å². The van der Waals surface area contributed by atoms with E-state index in [4.69, 9.17) is 18.9 Å². The number of rotatable bonds is 69. The van der Waals surface area contributed by atoms with Crippen LogP contribution in [0.25, 0.3) is 0 Å². The van der Waals surface area contributed by atoms with E-state index in [1.54, 1.807) is 0 Å². The molecule has 0 aromatic rings. The third-order valence-electron chi connectivity index (χ3n) is 16.0. The first kappa shape index (κ1) is 89.6. The van der Waals surface area contributed by atoms with E-state index < -0.39 is 24.3 Å². The lowest BCUT2D eigenvalue weighted by Crippen LogP contribution is -2.44. The number of hydrogen-bond acceptors (Lipinski definition) is 8. The summed E-state index contributed by atoms with van der Waals surface area (Å²) >= 11 is 0. The molecule has 9 heteroatoms. The molecule has 0 saturated carbocycles. The van der Waals surface area contributed by atoms with Gasteiger partial charge in [0.1, 0.15) is 13.2 Å². The number of carbonyl (C=O) groups excluding carboxylic acids is 3. The van der Waals surface area contributed by atoms with Gasteiger partial charge in [-0.2, -0.15) is 0 Å². The molecule has 0 fully saturated rings. The second kappa shape index (κ2) is 74.4. The third kappa shape index (κ3) is 75.9. The smallest absolute Gasteiger partial charge is 0.306 e. The van der Waals surface area contributed by atoms with Crippen LogP contribution >= 0.6 is 0 Å². The Morgan fingerprint density at radius 3 is 0.842 bits per heavy atom. The van der Waals surface area contributed by atoms with E-state index in [-0.39, 0.29) is 38.6 Å². The lowest BCUT2D eigenvalue weighted by molar-refractivity contribution is -0.870. The van der Waals surface area contributed by atoms with Crippen molar-refractivity contribution in [1.82, 2.24) is 0 Å². The number of carboxylic acid groups (broad SMARTS) is 1. The van der Waals surface area contributed by atoms with Crippen molar-refractivity contribution in [2.24, 2.45) is 0 Å². The summed E-state index contributed by atoms with van der Waals surface area (Å²) in [6.45, 7) is 4.52. The first-order chi connectivity index (χ1) is 46.6. The first-order valence-electron chi connectivity index (χ1n) is 38.3. The Kier molecular flexibility index (Phi) is 70.2. The Balaban J connectivity index is 4.10. The number of ether oxygens (including phenoxy) is 4. The molecule has 0 aliphatic carbocycles. The SMILES string of the molecule is CC/C=C\C/C=C\C/C=C\C/C=C\C/C=C\C/C=C\C/C=C\CCCCCCCCCCCCCCCCCCCC(=O)OC(COC(=O)CCCCCCCCCCC/C=C\C/C=C\C/C=C\C/C=C\C/C=C\C/C=C\C/C=C\CC)COC(OCC[N+](C)(C)C)C(=O)[O-]. The molecule has 0 saturated heterocycles. The van der Waals surface area contributed by atoms with Crippen molar-refractivity contribution in [3.05, 3.63) is 170 Å². The number of esters is 2. The molecule has 0 rings (SSSR count). The maximum atomic E-state index is 13.0. The van der Waals surface area contributed by atoms with Crippen LogP contribution < -0.4 is 5.11 Å². The van der Waals surface area contributed by atoms with Gasteiger partial charge < -0.3 is 33.3 Å². The van der Waals surface area contributed by atoms with Gasteiger partial charge in [-0.25, -0.2) is 0 Å². The van der Waals surface area contributed by atoms with E-state index in [0.29, 0.717) is 17.4 Å². The van der Waals surface area contributed by atoms with E-state index >= 15 is 0 Å². The van der Waals surface area contributed by atoms with Crippen molar-refractivity contribution in [3.8, 4) is 0 Å². The maximum absolute atomic E-state index is 13.0. The van der Waals surface area contributed by atoms with E-state index in [9.17, 15) is 19.5 Å². The lowest BCUT2D eigenvalue weighted by Gasteiger charge is -2.26. The Morgan fingerprint density at radius 1 is 0.316 bits per heavy atom. The largest absolute Gasteiger partial charge is 0.545 e. The fraction of sp³-hybridized carbons (Fsp3) is 0.640. The Hall–Kier alpha value is -5.35. The quantitative estimate of drug-likeness (QED) is 0.0195. The van der Waals surface area contributed by atoms with Crippen LogP contribution in [0.5, 0.6) is 0 Å². The standard InChI is InChI=1S/C86H141NO8/c1-6-8-10-12-14-16-18-20-22-24-26-28-30-32-34-36-38-39-40-41-42-43-44-45-47-49-51-53-55-57-59-61-63-65-67-69-71-73-75-77-84(89)95-82(81-94-86(85(90)91)92-79-78-87(3,4)5)80-93-83(88)76-74-72-70-68-66-64-62-60-58-56-54-52-50-48-46-37-35-33-31-29-27-25-23-21-19-17-15-13-11-9-7-2/h8-11,14-17,20-23,26-29,32-35,38-39,41-42,46,48,52,54,82,86H,6-7,12-13,18-19,24-25,30-31,36-37,40,43-45,47,49-51,53,55-81H2,1-5H3/b10-8-,11-9-,16-14-,17-15-,22-20-,23-21-,28-26-,29-27-,34-32-,35-33-,39-38-,42-41-,48-46-,54-52-. The predicted molar refractivity (Wildman–Crippen MR) is 407 cm³/mol. The van der Waals surface area contributed by atoms with Crippen LogP contribution in [0.2, 0.25) is 0 Å². The van der Waals surface area contributed by atoms with E-state index in [1.807, 2.05) is 21.1 Å². The van der Waals surface area contributed by atoms with Gasteiger partial charge in [0.15, 0.2) is 12.4 Å². The number of quaternary nitrogens is 1. The molecule has 0 aliphatic rings. The highest BCUT2D eigenvalue weighted by atomic mass is 16.7. The Labute approximate surface area is 584 Å². The highest BCUT2D eigenvalue weighted by Gasteiger charge is 2.22. The van der Waals surface area contributed by atoms with Crippen molar-refractivity contribution >= 4 is 17.9 Å². The van der Waals surface area contributed by atoms with Crippen LogP contribution in [0.1, 0.15) is 296 Å². The van der Waals surface area contributed by atoms with E-state index in [1.165, 1.54) is 122 Å². The van der Waals surface area contributed by atoms with Gasteiger partial charge in [0.05, 0.1) is 40.3 Å². The minimum atomic E-state index is -1.63. The number of nitrogens with zero attached hydrogens (tertiary/aromatic N) is 1. The van der Waals surface area contributed by atoms with Gasteiger partial charge in [-0.1, -0.05) is 325 Å². The zero-order valence-corrected chi connectivity index (χ0v) is 61.5. The van der Waals surface area contributed by atoms with Gasteiger partial charge >= 0.3 is 11.9 Å². The fourth-order valence-corrected chi connectivity index (χ4v) is 10.2. The van der Waals surface area contributed by atoms with Crippen molar-refractivity contribution in [2.45, 2.75) is 309 Å². The summed E-state index contributed by atoms with van der Waals surface area (Å²) in [5.41, 5.74) is 0. The van der Waals surface area contributed by atoms with Crippen LogP contribution in [0.3, 0.4) is 0 Å². The van der Waals surface area contributed by atoms with Crippen LogP contribution in [-0.4, -0.2) is 82.3 Å². The lowest BCUT2D eigenvalue weighted by atomic mass is 10.0. The van der Waals surface area contributed by atoms with Gasteiger partial charge in [-0.3, -0.25) is 9.59 Å². The van der Waals surface area contributed by atoms with Gasteiger partial charge in [-0.05, 0) is 128 Å². The second-order valence-corrected chi connectivity index (χ2v) is 26.2. The number of carbonyl (C=O) groups is 3. The molecular formula is C86H141NO8. The van der Waals surface area contributed by atoms with Crippen LogP contribution in [-0.2, 0) is 33.3 Å². The molecule has 9 nitrogen and oxygen atoms in total. The highest BCUT2D eigenvalue weighted by Crippen LogP contribution is 2.17. The van der Waals surface area contributed by atoms with Gasteiger partial charge in [0.2, 0.25) is 0 Å². The summed E-state index contributed by atoms with van der Waals surface area (Å²) in [4.78, 5) is 37.6. The van der Waals surface area contributed by atoms with Gasteiger partial charge in [0, 0.05) is 12.8 Å². The number of likely N-dealkylation sites (N-methyl/N-ethyl adjacent to an activating group) is 1. The molecule has 0 bridgehead atoms. The Morgan fingerprint density at radius 2 is 0.568 bits per heavy atom. The normalized spacial score (nSPS) is 13.7. The molecule has 0 aromatic heterocycles. The summed E-state index contributed by atoms with van der Waals surface area (Å²) in [6.07, 6.45) is 109. The monoisotopic (exact) mass is 1320 g/mol. The fourth-order valence-electron chi connectivity index (χ4n) is 10.2. The number of allylic oxidation sites excluding steroid dienone is 28. The molecular weight excluding hydrogens is 1170 g/mol. The molecule has 0 spiro atoms. The number of aliphatic carboxylic acids is 1. The van der Waals surface area contributed by atoms with Gasteiger partial charge in [-0.15, -0.1) is 0 Å². The molecule has 0 N–H and O–H groups in total. The average molecular weight is 1320 g/mol. The number of carboxylic acids is 1. The van der Waals surface area contributed by atoms with Gasteiger partial charge in [0.25, 0.3) is 0 Å². The minimum absolute atomic E-state index is 0.140. The second-order valence-electron chi connectivity index (χ2n) is 26.2. The maximum Gasteiger partial charge on any atom is 0.306 e. The minimum Gasteiger partial charge on any atom is -0.545 e. The average Bonchev–Trinajstić information content (AvgIpc) is 2.92. The molecule has 0 amide bonds. The molecule has 0 aliphatic heterocycles. The van der Waals surface area contributed by atoms with Crippen molar-refractivity contribution in [3.63, 3.8) is 0 Å². The first-order valence-corrected chi connectivity index (χ1v) is 38.3. The van der Waals surface area contributed by atoms with E-state index in [0.717, 1.165) is 141 Å². The highest BCUT2D eigenvalue weighted by molar-refractivity contribution is 5.70. The molecule has 0 heterocycles. The van der Waals surface area contributed by atoms with E-state index in [2.05, 4.69) is 184 Å². The molecule has 2 atom stereocenters. The molecule has 95 heavy (non-hydrogen) atoms. The third-order valence-corrected chi connectivity index (χ3v) is 16.0. The van der Waals surface area contributed by atoms with Crippen LogP contribution in [0, 0.1) is 0 Å². The molecule has 2 unspecified atom stereocenters. The summed E-state index contributed by atoms with van der Waals surface area (Å²) in [5.74, 6) is -2.29. The predicted octanol–water partition coefficient (Wildman–Crippen LogP) is 23.2. The number of hydrogen-bond donors (Lipinski definition) is 0. The summed E-state index contributed by atoms with van der Waals surface area (Å²) < 4.78 is 22.8.